The molecule has 0 bridgehead atoms. The van der Waals surface area contributed by atoms with Gasteiger partial charge >= 0.3 is 0 Å². The predicted octanol–water partition coefficient (Wildman–Crippen LogP) is 2.51. The number of hydrogen-bond donors (Lipinski definition) is 2. The van der Waals surface area contributed by atoms with Crippen molar-refractivity contribution in [2.75, 3.05) is 39.9 Å². The summed E-state index contributed by atoms with van der Waals surface area (Å²) in [7, 11) is 1.62. The maximum Gasteiger partial charge on any atom is 0.248 e. The van der Waals surface area contributed by atoms with E-state index in [1.807, 2.05) is 48.5 Å². The third-order valence-corrected chi connectivity index (χ3v) is 5.55. The van der Waals surface area contributed by atoms with Crippen molar-refractivity contribution in [3.05, 3.63) is 54.1 Å². The standard InChI is InChI=1S/C22H25ClN4O3/c1-29-13-12-27(19-14-24-10-11-25-19)22(28)20(23)21-15-6-2-4-8-17(15)30-18-9-5-3-7-16(18)26-21/h2-9,19-20,24-25H,10-14H2,1H3. The van der Waals surface area contributed by atoms with Crippen LogP contribution in [0.15, 0.2) is 53.5 Å². The monoisotopic (exact) mass is 428 g/mol. The summed E-state index contributed by atoms with van der Waals surface area (Å²) in [6.45, 7) is 3.14. The van der Waals surface area contributed by atoms with Gasteiger partial charge in [-0.1, -0.05) is 24.3 Å². The van der Waals surface area contributed by atoms with Gasteiger partial charge in [0, 0.05) is 38.9 Å². The quantitative estimate of drug-likeness (QED) is 0.691. The smallest absolute Gasteiger partial charge is 0.248 e. The lowest BCUT2D eigenvalue weighted by molar-refractivity contribution is -0.133. The molecule has 2 atom stereocenters. The summed E-state index contributed by atoms with van der Waals surface area (Å²) in [5.74, 6) is 1.04. The van der Waals surface area contributed by atoms with Gasteiger partial charge in [-0.15, -0.1) is 11.6 Å². The molecule has 30 heavy (non-hydrogen) atoms. The van der Waals surface area contributed by atoms with E-state index in [1.54, 1.807) is 12.0 Å². The van der Waals surface area contributed by atoms with Gasteiger partial charge in [0.05, 0.1) is 18.5 Å². The Bertz CT molecular complexity index is 930. The van der Waals surface area contributed by atoms with Crippen LogP contribution in [0.5, 0.6) is 11.5 Å². The predicted molar refractivity (Wildman–Crippen MR) is 117 cm³/mol. The van der Waals surface area contributed by atoms with Crippen molar-refractivity contribution in [2.45, 2.75) is 11.5 Å². The number of nitrogens with zero attached hydrogens (tertiary/aromatic N) is 2. The van der Waals surface area contributed by atoms with Crippen molar-refractivity contribution in [2.24, 2.45) is 4.99 Å². The molecule has 158 valence electrons. The lowest BCUT2D eigenvalue weighted by Gasteiger charge is -2.36. The molecular weight excluding hydrogens is 404 g/mol. The Hall–Kier alpha value is -2.45. The number of carbonyl (C=O) groups excluding carboxylic acids is 1. The van der Waals surface area contributed by atoms with Crippen LogP contribution in [0.1, 0.15) is 5.56 Å². The van der Waals surface area contributed by atoms with Crippen LogP contribution < -0.4 is 15.4 Å². The molecule has 1 fully saturated rings. The number of hydrogen-bond acceptors (Lipinski definition) is 6. The highest BCUT2D eigenvalue weighted by Gasteiger charge is 2.34. The molecule has 2 heterocycles. The van der Waals surface area contributed by atoms with E-state index in [0.717, 1.165) is 13.1 Å². The number of para-hydroxylation sites is 3. The summed E-state index contributed by atoms with van der Waals surface area (Å²) in [6.07, 6.45) is -0.159. The second-order valence-electron chi connectivity index (χ2n) is 7.12. The third kappa shape index (κ3) is 4.34. The number of benzene rings is 2. The summed E-state index contributed by atoms with van der Waals surface area (Å²) < 4.78 is 11.3. The second kappa shape index (κ2) is 9.57. The first-order valence-electron chi connectivity index (χ1n) is 10.0. The number of fused-ring (bicyclic) bond motifs is 2. The van der Waals surface area contributed by atoms with Gasteiger partial charge in [0.15, 0.2) is 11.1 Å². The molecule has 2 aromatic carbocycles. The first-order valence-corrected chi connectivity index (χ1v) is 10.4. The minimum atomic E-state index is -0.971. The molecule has 7 nitrogen and oxygen atoms in total. The Balaban J connectivity index is 1.69. The van der Waals surface area contributed by atoms with Gasteiger partial charge in [0.1, 0.15) is 11.4 Å². The van der Waals surface area contributed by atoms with Crippen molar-refractivity contribution >= 4 is 28.9 Å². The van der Waals surface area contributed by atoms with Crippen LogP contribution in [-0.2, 0) is 9.53 Å². The van der Waals surface area contributed by atoms with Crippen LogP contribution >= 0.6 is 11.6 Å². The van der Waals surface area contributed by atoms with E-state index in [0.29, 0.717) is 48.2 Å². The number of carbonyl (C=O) groups is 1. The normalized spacial score (nSPS) is 18.9. The van der Waals surface area contributed by atoms with Gasteiger partial charge < -0.3 is 19.7 Å². The summed E-state index contributed by atoms with van der Waals surface area (Å²) in [5, 5.41) is 5.72. The van der Waals surface area contributed by atoms with Gasteiger partial charge in [-0.05, 0) is 24.3 Å². The van der Waals surface area contributed by atoms with Gasteiger partial charge in [0.25, 0.3) is 0 Å². The second-order valence-corrected chi connectivity index (χ2v) is 7.56. The van der Waals surface area contributed by atoms with E-state index in [4.69, 9.17) is 26.1 Å². The van der Waals surface area contributed by atoms with Crippen molar-refractivity contribution in [1.82, 2.24) is 15.5 Å². The molecule has 0 spiro atoms. The number of aliphatic imine (C=N–C) groups is 1. The van der Waals surface area contributed by atoms with Gasteiger partial charge in [0.2, 0.25) is 5.91 Å². The molecule has 8 heteroatoms. The molecule has 1 saturated heterocycles. The number of alkyl halides is 1. The van der Waals surface area contributed by atoms with E-state index in [2.05, 4.69) is 10.6 Å². The van der Waals surface area contributed by atoms with E-state index in [-0.39, 0.29) is 12.1 Å². The minimum absolute atomic E-state index is 0.159. The molecule has 0 aromatic heterocycles. The highest BCUT2D eigenvalue weighted by Crippen LogP contribution is 2.38. The van der Waals surface area contributed by atoms with Crippen LogP contribution in [0.25, 0.3) is 0 Å². The van der Waals surface area contributed by atoms with E-state index in [1.165, 1.54) is 0 Å². The molecule has 2 unspecified atom stereocenters. The Kier molecular flexibility index (Phi) is 6.64. The number of nitrogens with one attached hydrogen (secondary N) is 2. The first kappa shape index (κ1) is 20.8. The Morgan fingerprint density at radius 3 is 2.77 bits per heavy atom. The van der Waals surface area contributed by atoms with E-state index in [9.17, 15) is 4.79 Å². The molecule has 0 radical (unpaired) electrons. The summed E-state index contributed by atoms with van der Waals surface area (Å²) in [5.41, 5.74) is 1.83. The highest BCUT2D eigenvalue weighted by molar-refractivity contribution is 6.45. The lowest BCUT2D eigenvalue weighted by atomic mass is 10.0. The molecule has 2 aliphatic rings. The fourth-order valence-electron chi connectivity index (χ4n) is 3.64. The fourth-order valence-corrected chi connectivity index (χ4v) is 3.93. The van der Waals surface area contributed by atoms with Gasteiger partial charge in [-0.25, -0.2) is 4.99 Å². The maximum absolute atomic E-state index is 13.5. The number of rotatable bonds is 6. The summed E-state index contributed by atoms with van der Waals surface area (Å²) >= 11 is 6.80. The zero-order valence-electron chi connectivity index (χ0n) is 16.8. The van der Waals surface area contributed by atoms with Crippen LogP contribution in [0.4, 0.5) is 5.69 Å². The zero-order chi connectivity index (χ0) is 20.9. The van der Waals surface area contributed by atoms with Crippen LogP contribution in [0.2, 0.25) is 0 Å². The Morgan fingerprint density at radius 2 is 2.00 bits per heavy atom. The number of piperazine rings is 1. The van der Waals surface area contributed by atoms with Crippen LogP contribution in [-0.4, -0.2) is 68.0 Å². The molecule has 0 aliphatic carbocycles. The molecule has 2 aliphatic heterocycles. The van der Waals surface area contributed by atoms with Gasteiger partial charge in [-0.2, -0.15) is 0 Å². The highest BCUT2D eigenvalue weighted by atomic mass is 35.5. The molecule has 0 saturated carbocycles. The van der Waals surface area contributed by atoms with Crippen molar-refractivity contribution in [1.29, 1.82) is 0 Å². The average molecular weight is 429 g/mol. The first-order chi connectivity index (χ1) is 14.7. The number of ether oxygens (including phenoxy) is 2. The van der Waals surface area contributed by atoms with E-state index >= 15 is 0 Å². The SMILES string of the molecule is COCCN(C(=O)C(Cl)C1=Nc2ccccc2Oc2ccccc21)C1CNCCN1. The average Bonchev–Trinajstić information content (AvgIpc) is 2.96. The van der Waals surface area contributed by atoms with Crippen LogP contribution in [0.3, 0.4) is 0 Å². The van der Waals surface area contributed by atoms with Gasteiger partial charge in [-0.3, -0.25) is 10.1 Å². The molecule has 1 amide bonds. The van der Waals surface area contributed by atoms with Crippen molar-refractivity contribution < 1.29 is 14.3 Å². The number of halogens is 1. The molecule has 4 rings (SSSR count). The number of methoxy groups -OCH3 is 1. The fraction of sp³-hybridized carbons (Fsp3) is 0.364. The number of amides is 1. The Morgan fingerprint density at radius 1 is 1.23 bits per heavy atom. The third-order valence-electron chi connectivity index (χ3n) is 5.16. The molecular formula is C22H25ClN4O3. The summed E-state index contributed by atoms with van der Waals surface area (Å²) in [6, 6.07) is 15.0. The lowest BCUT2D eigenvalue weighted by Crippen LogP contribution is -2.61. The zero-order valence-corrected chi connectivity index (χ0v) is 17.6. The maximum atomic E-state index is 13.5. The van der Waals surface area contributed by atoms with Crippen molar-refractivity contribution in [3.8, 4) is 11.5 Å². The van der Waals surface area contributed by atoms with Crippen LogP contribution in [0, 0.1) is 0 Å². The minimum Gasteiger partial charge on any atom is -0.454 e. The Labute approximate surface area is 181 Å². The van der Waals surface area contributed by atoms with E-state index < -0.39 is 5.38 Å². The largest absolute Gasteiger partial charge is 0.454 e. The topological polar surface area (TPSA) is 75.2 Å². The summed E-state index contributed by atoms with van der Waals surface area (Å²) in [4.78, 5) is 20.0. The van der Waals surface area contributed by atoms with Crippen molar-refractivity contribution in [3.63, 3.8) is 0 Å². The molecule has 2 aromatic rings. The molecule has 2 N–H and O–H groups in total.